The molecular weight excluding hydrogens is 324 g/mol. The number of hydrogen-bond donors (Lipinski definition) is 1. The van der Waals surface area contributed by atoms with Crippen LogP contribution in [0.1, 0.15) is 44.7 Å². The highest BCUT2D eigenvalue weighted by Gasteiger charge is 2.21. The molecule has 26 heavy (non-hydrogen) atoms. The fourth-order valence-electron chi connectivity index (χ4n) is 3.16. The molecule has 0 radical (unpaired) electrons. The van der Waals surface area contributed by atoms with Crippen LogP contribution in [0.15, 0.2) is 48.5 Å². The van der Waals surface area contributed by atoms with Gasteiger partial charge in [-0.05, 0) is 47.2 Å². The lowest BCUT2D eigenvalue weighted by Gasteiger charge is -2.19. The SMILES string of the molecule is CC(C)(C)c1ccc(NC(=O)Cc2ccc(N3CCCC3=O)cc2)cc1. The zero-order valence-electron chi connectivity index (χ0n) is 15.7. The van der Waals surface area contributed by atoms with Gasteiger partial charge in [-0.1, -0.05) is 45.0 Å². The molecule has 1 aliphatic heterocycles. The van der Waals surface area contributed by atoms with Gasteiger partial charge in [0.25, 0.3) is 0 Å². The maximum atomic E-state index is 12.3. The number of hydrogen-bond acceptors (Lipinski definition) is 2. The molecule has 0 aromatic heterocycles. The molecular formula is C22H26N2O2. The fraction of sp³-hybridized carbons (Fsp3) is 0.364. The molecule has 0 aliphatic carbocycles. The van der Waals surface area contributed by atoms with Crippen molar-refractivity contribution in [3.05, 3.63) is 59.7 Å². The largest absolute Gasteiger partial charge is 0.326 e. The van der Waals surface area contributed by atoms with Crippen molar-refractivity contribution in [2.45, 2.75) is 45.4 Å². The molecule has 136 valence electrons. The molecule has 0 spiro atoms. The van der Waals surface area contributed by atoms with Crippen LogP contribution in [0.2, 0.25) is 0 Å². The summed E-state index contributed by atoms with van der Waals surface area (Å²) in [6, 6.07) is 15.7. The molecule has 2 amide bonds. The number of anilines is 2. The van der Waals surface area contributed by atoms with Crippen LogP contribution in [-0.2, 0) is 21.4 Å². The van der Waals surface area contributed by atoms with Crippen molar-refractivity contribution < 1.29 is 9.59 Å². The minimum atomic E-state index is -0.0430. The average Bonchev–Trinajstić information content (AvgIpc) is 3.01. The third kappa shape index (κ3) is 4.31. The summed E-state index contributed by atoms with van der Waals surface area (Å²) in [7, 11) is 0. The molecule has 4 heteroatoms. The topological polar surface area (TPSA) is 49.4 Å². The van der Waals surface area contributed by atoms with Gasteiger partial charge in [0, 0.05) is 24.3 Å². The molecule has 1 saturated heterocycles. The molecule has 3 rings (SSSR count). The van der Waals surface area contributed by atoms with E-state index in [4.69, 9.17) is 0 Å². The van der Waals surface area contributed by atoms with Gasteiger partial charge in [0.2, 0.25) is 11.8 Å². The number of carbonyl (C=O) groups excluding carboxylic acids is 2. The summed E-state index contributed by atoms with van der Waals surface area (Å²) in [5, 5.41) is 2.94. The fourth-order valence-corrected chi connectivity index (χ4v) is 3.16. The number of nitrogens with one attached hydrogen (secondary N) is 1. The Morgan fingerprint density at radius 2 is 1.69 bits per heavy atom. The molecule has 0 saturated carbocycles. The third-order valence-corrected chi connectivity index (χ3v) is 4.72. The van der Waals surface area contributed by atoms with Crippen molar-refractivity contribution in [1.82, 2.24) is 0 Å². The lowest BCUT2D eigenvalue weighted by Crippen LogP contribution is -2.23. The molecule has 1 heterocycles. The second-order valence-corrected chi connectivity index (χ2v) is 7.87. The Morgan fingerprint density at radius 3 is 2.23 bits per heavy atom. The lowest BCUT2D eigenvalue weighted by atomic mass is 9.87. The van der Waals surface area contributed by atoms with Gasteiger partial charge in [0.05, 0.1) is 6.42 Å². The van der Waals surface area contributed by atoms with Crippen LogP contribution in [0.5, 0.6) is 0 Å². The Bertz CT molecular complexity index is 786. The molecule has 2 aromatic carbocycles. The van der Waals surface area contributed by atoms with Crippen LogP contribution in [0.4, 0.5) is 11.4 Å². The molecule has 4 nitrogen and oxygen atoms in total. The first-order valence-electron chi connectivity index (χ1n) is 9.13. The summed E-state index contributed by atoms with van der Waals surface area (Å²) in [6.07, 6.45) is 1.85. The van der Waals surface area contributed by atoms with E-state index >= 15 is 0 Å². The summed E-state index contributed by atoms with van der Waals surface area (Å²) < 4.78 is 0. The smallest absolute Gasteiger partial charge is 0.228 e. The van der Waals surface area contributed by atoms with E-state index in [0.29, 0.717) is 12.8 Å². The minimum absolute atomic E-state index is 0.0430. The van der Waals surface area contributed by atoms with E-state index in [1.165, 1.54) is 5.56 Å². The molecule has 1 fully saturated rings. The predicted molar refractivity (Wildman–Crippen MR) is 106 cm³/mol. The van der Waals surface area contributed by atoms with Gasteiger partial charge in [-0.2, -0.15) is 0 Å². The normalized spacial score (nSPS) is 14.6. The van der Waals surface area contributed by atoms with E-state index in [1.807, 2.05) is 36.4 Å². The van der Waals surface area contributed by atoms with Gasteiger partial charge in [-0.3, -0.25) is 9.59 Å². The number of benzene rings is 2. The van der Waals surface area contributed by atoms with Crippen molar-refractivity contribution in [3.8, 4) is 0 Å². The monoisotopic (exact) mass is 350 g/mol. The van der Waals surface area contributed by atoms with Crippen LogP contribution in [0, 0.1) is 0 Å². The van der Waals surface area contributed by atoms with Gasteiger partial charge in [0.15, 0.2) is 0 Å². The first kappa shape index (κ1) is 18.2. The third-order valence-electron chi connectivity index (χ3n) is 4.72. The van der Waals surface area contributed by atoms with Crippen molar-refractivity contribution in [2.24, 2.45) is 0 Å². The minimum Gasteiger partial charge on any atom is -0.326 e. The van der Waals surface area contributed by atoms with Gasteiger partial charge in [-0.25, -0.2) is 0 Å². The van der Waals surface area contributed by atoms with Crippen LogP contribution < -0.4 is 10.2 Å². The highest BCUT2D eigenvalue weighted by Crippen LogP contribution is 2.24. The van der Waals surface area contributed by atoms with Crippen LogP contribution >= 0.6 is 0 Å². The zero-order valence-corrected chi connectivity index (χ0v) is 15.7. The Balaban J connectivity index is 1.58. The Labute approximate surface area is 155 Å². The van der Waals surface area contributed by atoms with Crippen molar-refractivity contribution in [1.29, 1.82) is 0 Å². The van der Waals surface area contributed by atoms with E-state index in [-0.39, 0.29) is 17.2 Å². The standard InChI is InChI=1S/C22H26N2O2/c1-22(2,3)17-8-10-18(11-9-17)23-20(25)15-16-6-12-19(13-7-16)24-14-4-5-21(24)26/h6-13H,4-5,14-15H2,1-3H3,(H,23,25). The molecule has 0 atom stereocenters. The highest BCUT2D eigenvalue weighted by atomic mass is 16.2. The first-order valence-corrected chi connectivity index (χ1v) is 9.13. The number of rotatable bonds is 4. The Hall–Kier alpha value is -2.62. The summed E-state index contributed by atoms with van der Waals surface area (Å²) >= 11 is 0. The molecule has 0 bridgehead atoms. The van der Waals surface area contributed by atoms with E-state index in [9.17, 15) is 9.59 Å². The van der Waals surface area contributed by atoms with Crippen LogP contribution in [0.25, 0.3) is 0 Å². The number of amides is 2. The summed E-state index contributed by atoms with van der Waals surface area (Å²) in [6.45, 7) is 7.28. The maximum Gasteiger partial charge on any atom is 0.228 e. The molecule has 0 unspecified atom stereocenters. The molecule has 1 aliphatic rings. The van der Waals surface area contributed by atoms with E-state index in [2.05, 4.69) is 38.2 Å². The van der Waals surface area contributed by atoms with Gasteiger partial charge >= 0.3 is 0 Å². The summed E-state index contributed by atoms with van der Waals surface area (Å²) in [4.78, 5) is 25.9. The lowest BCUT2D eigenvalue weighted by molar-refractivity contribution is -0.117. The highest BCUT2D eigenvalue weighted by molar-refractivity contribution is 5.95. The zero-order chi connectivity index (χ0) is 18.7. The van der Waals surface area contributed by atoms with Gasteiger partial charge in [0.1, 0.15) is 0 Å². The summed E-state index contributed by atoms with van der Waals surface area (Å²) in [5.74, 6) is 0.132. The summed E-state index contributed by atoms with van der Waals surface area (Å²) in [5.41, 5.74) is 3.99. The second-order valence-electron chi connectivity index (χ2n) is 7.87. The number of carbonyl (C=O) groups is 2. The van der Waals surface area contributed by atoms with E-state index < -0.39 is 0 Å². The van der Waals surface area contributed by atoms with Crippen molar-refractivity contribution >= 4 is 23.2 Å². The van der Waals surface area contributed by atoms with E-state index in [1.54, 1.807) is 4.90 Å². The average molecular weight is 350 g/mol. The van der Waals surface area contributed by atoms with Gasteiger partial charge < -0.3 is 10.2 Å². The van der Waals surface area contributed by atoms with Crippen molar-refractivity contribution in [2.75, 3.05) is 16.8 Å². The molecule has 2 aromatic rings. The maximum absolute atomic E-state index is 12.3. The number of nitrogens with zero attached hydrogens (tertiary/aromatic N) is 1. The quantitative estimate of drug-likeness (QED) is 0.894. The Kier molecular flexibility index (Phi) is 5.12. The van der Waals surface area contributed by atoms with E-state index in [0.717, 1.165) is 29.9 Å². The van der Waals surface area contributed by atoms with Crippen LogP contribution in [-0.4, -0.2) is 18.4 Å². The predicted octanol–water partition coefficient (Wildman–Crippen LogP) is 4.29. The Morgan fingerprint density at radius 1 is 1.04 bits per heavy atom. The van der Waals surface area contributed by atoms with Crippen molar-refractivity contribution in [3.63, 3.8) is 0 Å². The second kappa shape index (κ2) is 7.32. The first-order chi connectivity index (χ1) is 12.3. The molecule has 1 N–H and O–H groups in total. The van der Waals surface area contributed by atoms with Crippen LogP contribution in [0.3, 0.4) is 0 Å². The van der Waals surface area contributed by atoms with Gasteiger partial charge in [-0.15, -0.1) is 0 Å².